The van der Waals surface area contributed by atoms with E-state index in [1.807, 2.05) is 48.9 Å². The maximum absolute atomic E-state index is 13.8. The number of hydrogen-bond acceptors (Lipinski definition) is 6. The fraction of sp³-hybridized carbons (Fsp3) is 0.406. The van der Waals surface area contributed by atoms with Crippen LogP contribution in [-0.2, 0) is 18.4 Å². The average molecular weight is 599 g/mol. The summed E-state index contributed by atoms with van der Waals surface area (Å²) in [5.74, 6) is 0.850. The Kier molecular flexibility index (Phi) is 7.85. The molecule has 0 spiro atoms. The number of pyridine rings is 1. The first-order valence-corrected chi connectivity index (χ1v) is 14.9. The van der Waals surface area contributed by atoms with E-state index >= 15 is 0 Å². The molecule has 12 nitrogen and oxygen atoms in total. The first-order chi connectivity index (χ1) is 21.1. The summed E-state index contributed by atoms with van der Waals surface area (Å²) in [6, 6.07) is 10.5. The molecule has 2 N–H and O–H groups in total. The van der Waals surface area contributed by atoms with Crippen molar-refractivity contribution in [3.63, 3.8) is 0 Å². The molecule has 1 aliphatic carbocycles. The molecule has 2 aliphatic rings. The zero-order valence-corrected chi connectivity index (χ0v) is 25.5. The third-order valence-corrected chi connectivity index (χ3v) is 8.59. The van der Waals surface area contributed by atoms with Gasteiger partial charge in [-0.1, -0.05) is 6.08 Å². The quantitative estimate of drug-likeness (QED) is 0.284. The van der Waals surface area contributed by atoms with Gasteiger partial charge in [0.25, 0.3) is 5.91 Å². The van der Waals surface area contributed by atoms with E-state index in [0.29, 0.717) is 23.5 Å². The molecular weight excluding hydrogens is 560 g/mol. The lowest BCUT2D eigenvalue weighted by Gasteiger charge is -2.29. The molecule has 1 saturated carbocycles. The van der Waals surface area contributed by atoms with Crippen LogP contribution in [0, 0.1) is 5.92 Å². The van der Waals surface area contributed by atoms with Crippen LogP contribution in [0.3, 0.4) is 0 Å². The van der Waals surface area contributed by atoms with Crippen LogP contribution in [0.5, 0.6) is 0 Å². The van der Waals surface area contributed by atoms with Crippen molar-refractivity contribution in [1.82, 2.24) is 39.1 Å². The zero-order valence-electron chi connectivity index (χ0n) is 25.5. The van der Waals surface area contributed by atoms with Crippen LogP contribution < -0.4 is 5.32 Å². The van der Waals surface area contributed by atoms with Crippen LogP contribution in [0.1, 0.15) is 23.2 Å². The highest BCUT2D eigenvalue weighted by Crippen LogP contribution is 2.36. The normalized spacial score (nSPS) is 18.6. The van der Waals surface area contributed by atoms with Gasteiger partial charge in [0.05, 0.1) is 28.8 Å². The molecule has 3 amide bonds. The van der Waals surface area contributed by atoms with E-state index in [1.165, 1.54) is 28.7 Å². The number of carbonyl (C=O) groups excluding carboxylic acids is 2. The minimum Gasteiger partial charge on any atom is -0.465 e. The van der Waals surface area contributed by atoms with Crippen molar-refractivity contribution in [2.75, 3.05) is 40.8 Å². The second-order valence-electron chi connectivity index (χ2n) is 12.1. The van der Waals surface area contributed by atoms with E-state index < -0.39 is 18.2 Å². The highest BCUT2D eigenvalue weighted by molar-refractivity contribution is 5.98. The van der Waals surface area contributed by atoms with Gasteiger partial charge in [0.1, 0.15) is 5.65 Å². The Bertz CT molecular complexity index is 1770. The van der Waals surface area contributed by atoms with E-state index in [-0.39, 0.29) is 24.9 Å². The van der Waals surface area contributed by atoms with E-state index in [0.717, 1.165) is 34.6 Å². The molecule has 3 aromatic heterocycles. The third-order valence-electron chi connectivity index (χ3n) is 8.59. The largest absolute Gasteiger partial charge is 0.465 e. The van der Waals surface area contributed by atoms with Gasteiger partial charge in [-0.2, -0.15) is 0 Å². The molecule has 0 bridgehead atoms. The summed E-state index contributed by atoms with van der Waals surface area (Å²) < 4.78 is 4.30. The molecule has 0 radical (unpaired) electrons. The van der Waals surface area contributed by atoms with Gasteiger partial charge in [0.2, 0.25) is 5.91 Å². The van der Waals surface area contributed by atoms with Crippen molar-refractivity contribution >= 4 is 40.0 Å². The van der Waals surface area contributed by atoms with Gasteiger partial charge in [-0.15, -0.1) is 0 Å². The predicted octanol–water partition coefficient (Wildman–Crippen LogP) is 3.04. The molecule has 44 heavy (non-hydrogen) atoms. The number of benzene rings is 1. The molecule has 1 aliphatic heterocycles. The molecule has 12 heteroatoms. The number of aromatic nitrogens is 4. The number of hydrogen-bond donors (Lipinski definition) is 2. The summed E-state index contributed by atoms with van der Waals surface area (Å²) >= 11 is 0. The fourth-order valence-corrected chi connectivity index (χ4v) is 6.01. The summed E-state index contributed by atoms with van der Waals surface area (Å²) in [5, 5.41) is 13.6. The lowest BCUT2D eigenvalue weighted by molar-refractivity contribution is -0.117. The van der Waals surface area contributed by atoms with Crippen LogP contribution >= 0.6 is 0 Å². The first kappa shape index (κ1) is 29.4. The second kappa shape index (κ2) is 11.8. The molecule has 4 aromatic rings. The van der Waals surface area contributed by atoms with Crippen LogP contribution in [0.25, 0.3) is 33.6 Å². The zero-order chi connectivity index (χ0) is 31.1. The maximum atomic E-state index is 13.8. The Morgan fingerprint density at radius 2 is 1.91 bits per heavy atom. The number of aryl methyl sites for hydroxylation is 1. The maximum Gasteiger partial charge on any atom is 0.407 e. The van der Waals surface area contributed by atoms with E-state index in [2.05, 4.69) is 27.0 Å². The van der Waals surface area contributed by atoms with Crippen LogP contribution in [0.15, 0.2) is 54.7 Å². The lowest BCUT2D eigenvalue weighted by Crippen LogP contribution is -2.51. The van der Waals surface area contributed by atoms with Crippen molar-refractivity contribution in [3.8, 4) is 11.5 Å². The predicted molar refractivity (Wildman–Crippen MR) is 167 cm³/mol. The minimum atomic E-state index is -1.09. The van der Waals surface area contributed by atoms with Gasteiger partial charge in [-0.25, -0.2) is 14.8 Å². The summed E-state index contributed by atoms with van der Waals surface area (Å²) in [4.78, 5) is 52.5. The molecule has 230 valence electrons. The Balaban J connectivity index is 1.27. The van der Waals surface area contributed by atoms with Gasteiger partial charge >= 0.3 is 6.09 Å². The number of likely N-dealkylation sites (N-methyl/N-ethyl adjacent to an activating group) is 2. The smallest absolute Gasteiger partial charge is 0.407 e. The summed E-state index contributed by atoms with van der Waals surface area (Å²) in [7, 11) is 7.42. The first-order valence-electron chi connectivity index (χ1n) is 14.9. The fourth-order valence-electron chi connectivity index (χ4n) is 6.01. The molecule has 1 saturated heterocycles. The van der Waals surface area contributed by atoms with Crippen molar-refractivity contribution < 1.29 is 19.5 Å². The monoisotopic (exact) mass is 598 g/mol. The van der Waals surface area contributed by atoms with Crippen LogP contribution in [0.4, 0.5) is 4.79 Å². The minimum absolute atomic E-state index is 0.0945. The Hall–Kier alpha value is -4.71. The Labute approximate surface area is 255 Å². The number of carboxylic acid groups (broad SMARTS) is 1. The van der Waals surface area contributed by atoms with Crippen molar-refractivity contribution in [2.45, 2.75) is 31.5 Å². The number of likely N-dealkylation sites (tertiary alicyclic amines) is 1. The van der Waals surface area contributed by atoms with Gasteiger partial charge in [0, 0.05) is 63.5 Å². The number of rotatable bonds is 9. The number of imidazole rings is 1. The van der Waals surface area contributed by atoms with Crippen molar-refractivity contribution in [2.24, 2.45) is 13.0 Å². The average Bonchev–Trinajstić information content (AvgIpc) is 3.47. The third kappa shape index (κ3) is 5.77. The standard InChI is InChI=1S/C32H38N8O4/c1-36(2)14-6-8-28(41)34-24-18-39(32(43)44)19-27(24)38(4)31(42)22-11-12-25-23(15-22)35-30(37(25)3)26-16-21-7-5-13-33-29(21)40(26)17-20-9-10-20/h5-8,11-13,15-16,20,24,27H,9-10,14,17-19H2,1-4H3,(H,34,41)(H,43,44)/b8-6+/t24-,27-/m1/s1. The van der Waals surface area contributed by atoms with E-state index in [9.17, 15) is 19.5 Å². The molecule has 6 rings (SSSR count). The van der Waals surface area contributed by atoms with Crippen LogP contribution in [0.2, 0.25) is 0 Å². The Morgan fingerprint density at radius 3 is 2.64 bits per heavy atom. The van der Waals surface area contributed by atoms with Crippen molar-refractivity contribution in [1.29, 1.82) is 0 Å². The van der Waals surface area contributed by atoms with E-state index in [4.69, 9.17) is 4.98 Å². The number of carbonyl (C=O) groups is 3. The van der Waals surface area contributed by atoms with Gasteiger partial charge in [-0.3, -0.25) is 9.59 Å². The van der Waals surface area contributed by atoms with Gasteiger partial charge < -0.3 is 34.3 Å². The molecule has 4 heterocycles. The van der Waals surface area contributed by atoms with Gasteiger partial charge in [0.15, 0.2) is 5.82 Å². The summed E-state index contributed by atoms with van der Waals surface area (Å²) in [6.07, 6.45) is 6.34. The molecular formula is C32H38N8O4. The SMILES string of the molecule is CN(C)C/C=C/C(=O)N[C@@H]1CN(C(=O)O)C[C@H]1N(C)C(=O)c1ccc2c(c1)nc(-c1cc3cccnc3n1CC1CC1)n2C. The number of nitrogens with zero attached hydrogens (tertiary/aromatic N) is 7. The topological polar surface area (TPSA) is 129 Å². The number of amides is 3. The Morgan fingerprint density at radius 1 is 1.11 bits per heavy atom. The molecule has 1 aromatic carbocycles. The number of nitrogens with one attached hydrogen (secondary N) is 1. The molecule has 2 atom stereocenters. The molecule has 2 fully saturated rings. The summed E-state index contributed by atoms with van der Waals surface area (Å²) in [6.45, 7) is 1.68. The van der Waals surface area contributed by atoms with E-state index in [1.54, 1.807) is 25.3 Å². The molecule has 0 unspecified atom stereocenters. The highest BCUT2D eigenvalue weighted by Gasteiger charge is 2.40. The second-order valence-corrected chi connectivity index (χ2v) is 12.1. The lowest BCUT2D eigenvalue weighted by atomic mass is 10.1. The van der Waals surface area contributed by atoms with Crippen LogP contribution in [-0.4, -0.2) is 110 Å². The number of fused-ring (bicyclic) bond motifs is 2. The van der Waals surface area contributed by atoms with Crippen molar-refractivity contribution in [3.05, 3.63) is 60.3 Å². The highest BCUT2D eigenvalue weighted by atomic mass is 16.4. The van der Waals surface area contributed by atoms with Gasteiger partial charge in [-0.05, 0) is 69.3 Å². The summed E-state index contributed by atoms with van der Waals surface area (Å²) in [5.41, 5.74) is 3.96.